The first-order chi connectivity index (χ1) is 13.8. The molecule has 4 rings (SSSR count). The van der Waals surface area contributed by atoms with E-state index in [1.165, 1.54) is 6.42 Å². The molecular weight excluding hydrogens is 390 g/mol. The van der Waals surface area contributed by atoms with Crippen molar-refractivity contribution in [2.45, 2.75) is 83.2 Å². The normalized spacial score (nSPS) is 29.7. The van der Waals surface area contributed by atoms with Crippen LogP contribution in [0.3, 0.4) is 0 Å². The molecule has 2 saturated carbocycles. The van der Waals surface area contributed by atoms with Crippen LogP contribution in [-0.4, -0.2) is 48.2 Å². The molecule has 162 valence electrons. The largest absolute Gasteiger partial charge is 0.360 e. The van der Waals surface area contributed by atoms with Gasteiger partial charge in [-0.25, -0.2) is 8.42 Å². The second kappa shape index (κ2) is 8.38. The molecule has 7 nitrogen and oxygen atoms in total. The third kappa shape index (κ3) is 4.85. The minimum atomic E-state index is -3.28. The van der Waals surface area contributed by atoms with E-state index in [4.69, 9.17) is 4.52 Å². The van der Waals surface area contributed by atoms with Crippen molar-refractivity contribution < 1.29 is 17.7 Å². The molecule has 1 N–H and O–H groups in total. The average molecular weight is 424 g/mol. The lowest BCUT2D eigenvalue weighted by atomic mass is 9.91. The Morgan fingerprint density at radius 2 is 1.93 bits per heavy atom. The highest BCUT2D eigenvalue weighted by Crippen LogP contribution is 2.40. The number of hydrogen-bond acceptors (Lipinski definition) is 5. The fraction of sp³-hybridized carbons (Fsp3) is 0.810. The quantitative estimate of drug-likeness (QED) is 0.758. The van der Waals surface area contributed by atoms with Gasteiger partial charge in [0.05, 0.1) is 5.75 Å². The summed E-state index contributed by atoms with van der Waals surface area (Å²) < 4.78 is 33.1. The minimum absolute atomic E-state index is 0.0473. The molecular formula is C21H33N3O4S. The summed E-state index contributed by atoms with van der Waals surface area (Å²) in [5.74, 6) is 1.58. The van der Waals surface area contributed by atoms with Crippen molar-refractivity contribution in [1.82, 2.24) is 14.8 Å². The van der Waals surface area contributed by atoms with E-state index in [-0.39, 0.29) is 29.7 Å². The molecule has 8 heteroatoms. The van der Waals surface area contributed by atoms with Gasteiger partial charge in [0, 0.05) is 30.6 Å². The van der Waals surface area contributed by atoms with Gasteiger partial charge in [-0.15, -0.1) is 0 Å². The Bertz CT molecular complexity index is 827. The van der Waals surface area contributed by atoms with Gasteiger partial charge >= 0.3 is 0 Å². The highest BCUT2D eigenvalue weighted by Gasteiger charge is 2.39. The number of amides is 1. The molecule has 1 saturated heterocycles. The zero-order valence-electron chi connectivity index (χ0n) is 17.5. The Hall–Kier alpha value is -1.41. The Kier molecular flexibility index (Phi) is 6.02. The van der Waals surface area contributed by atoms with Crippen LogP contribution in [0, 0.1) is 11.8 Å². The molecule has 1 aliphatic heterocycles. The number of carbonyl (C=O) groups is 1. The predicted octanol–water partition coefficient (Wildman–Crippen LogP) is 3.29. The van der Waals surface area contributed by atoms with Gasteiger partial charge in [0.25, 0.3) is 5.91 Å². The minimum Gasteiger partial charge on any atom is -0.360 e. The van der Waals surface area contributed by atoms with E-state index in [9.17, 15) is 13.2 Å². The molecule has 29 heavy (non-hydrogen) atoms. The SMILES string of the molecule is C[C@@H]1CN(S(=O)(=O)CC2CCCCC2)[C@H](C)C[C@@H]1NC(=O)c1cc(C2CC2)on1. The van der Waals surface area contributed by atoms with Crippen LogP contribution < -0.4 is 5.32 Å². The molecule has 0 aromatic carbocycles. The number of nitrogens with zero attached hydrogens (tertiary/aromatic N) is 2. The number of piperidine rings is 1. The summed E-state index contributed by atoms with van der Waals surface area (Å²) >= 11 is 0. The first-order valence-electron chi connectivity index (χ1n) is 11.1. The fourth-order valence-electron chi connectivity index (χ4n) is 4.84. The summed E-state index contributed by atoms with van der Waals surface area (Å²) in [6.45, 7) is 4.41. The smallest absolute Gasteiger partial charge is 0.273 e. The standard InChI is InChI=1S/C21H33N3O4S/c1-14-12-24(29(26,27)13-16-6-4-3-5-7-16)15(2)10-18(14)22-21(25)19-11-20(28-23-19)17-8-9-17/h11,14-18H,3-10,12-13H2,1-2H3,(H,22,25)/t14-,15-,18+/m1/s1. The number of aromatic nitrogens is 1. The lowest BCUT2D eigenvalue weighted by molar-refractivity contribution is 0.0870. The molecule has 0 spiro atoms. The Morgan fingerprint density at radius 1 is 1.21 bits per heavy atom. The highest BCUT2D eigenvalue weighted by atomic mass is 32.2. The van der Waals surface area contributed by atoms with Crippen molar-refractivity contribution >= 4 is 15.9 Å². The van der Waals surface area contributed by atoms with Gasteiger partial charge in [0.1, 0.15) is 5.76 Å². The van der Waals surface area contributed by atoms with Crippen LogP contribution in [0.4, 0.5) is 0 Å². The van der Waals surface area contributed by atoms with Crippen LogP contribution in [0.1, 0.15) is 87.4 Å². The van der Waals surface area contributed by atoms with Crippen LogP contribution in [0.25, 0.3) is 0 Å². The van der Waals surface area contributed by atoms with Gasteiger partial charge in [0.2, 0.25) is 10.0 Å². The van der Waals surface area contributed by atoms with Crippen LogP contribution in [0.2, 0.25) is 0 Å². The number of nitrogens with one attached hydrogen (secondary N) is 1. The predicted molar refractivity (Wildman–Crippen MR) is 110 cm³/mol. The van der Waals surface area contributed by atoms with Crippen molar-refractivity contribution in [3.05, 3.63) is 17.5 Å². The maximum absolute atomic E-state index is 13.0. The van der Waals surface area contributed by atoms with Crippen LogP contribution in [-0.2, 0) is 10.0 Å². The first-order valence-corrected chi connectivity index (χ1v) is 12.7. The molecule has 3 aliphatic rings. The number of hydrogen-bond donors (Lipinski definition) is 1. The topological polar surface area (TPSA) is 92.5 Å². The Morgan fingerprint density at radius 3 is 2.62 bits per heavy atom. The second-order valence-corrected chi connectivity index (χ2v) is 11.3. The lowest BCUT2D eigenvalue weighted by Crippen LogP contribution is -2.55. The van der Waals surface area contributed by atoms with Crippen LogP contribution >= 0.6 is 0 Å². The number of carbonyl (C=O) groups excluding carboxylic acids is 1. The maximum atomic E-state index is 13.0. The molecule has 1 amide bonds. The summed E-state index contributed by atoms with van der Waals surface area (Å²) in [6.07, 6.45) is 8.37. The third-order valence-corrected chi connectivity index (χ3v) is 8.94. The van der Waals surface area contributed by atoms with Gasteiger partial charge in [-0.05, 0) is 50.9 Å². The van der Waals surface area contributed by atoms with E-state index in [2.05, 4.69) is 10.5 Å². The van der Waals surface area contributed by atoms with Gasteiger partial charge in [0.15, 0.2) is 5.69 Å². The number of sulfonamides is 1. The van der Waals surface area contributed by atoms with Crippen molar-refractivity contribution in [3.8, 4) is 0 Å². The monoisotopic (exact) mass is 423 g/mol. The van der Waals surface area contributed by atoms with Gasteiger partial charge in [-0.2, -0.15) is 4.31 Å². The second-order valence-electron chi connectivity index (χ2n) is 9.38. The van der Waals surface area contributed by atoms with E-state index >= 15 is 0 Å². The van der Waals surface area contributed by atoms with Gasteiger partial charge in [-0.3, -0.25) is 4.79 Å². The van der Waals surface area contributed by atoms with Crippen LogP contribution in [0.15, 0.2) is 10.6 Å². The summed E-state index contributed by atoms with van der Waals surface area (Å²) in [6, 6.07) is 1.55. The molecule has 1 aromatic rings. The third-order valence-electron chi connectivity index (χ3n) is 6.83. The van der Waals surface area contributed by atoms with Crippen molar-refractivity contribution in [1.29, 1.82) is 0 Å². The van der Waals surface area contributed by atoms with Gasteiger partial charge in [-0.1, -0.05) is 31.3 Å². The molecule has 3 fully saturated rings. The average Bonchev–Trinajstić information content (AvgIpc) is 3.41. The molecule has 0 bridgehead atoms. The van der Waals surface area contributed by atoms with Crippen molar-refractivity contribution in [2.24, 2.45) is 11.8 Å². The molecule has 2 heterocycles. The van der Waals surface area contributed by atoms with E-state index in [0.717, 1.165) is 44.3 Å². The summed E-state index contributed by atoms with van der Waals surface area (Å²) in [5.41, 5.74) is 0.319. The zero-order valence-corrected chi connectivity index (χ0v) is 18.3. The molecule has 3 atom stereocenters. The molecule has 0 radical (unpaired) electrons. The fourth-order valence-corrected chi connectivity index (χ4v) is 7.06. The van der Waals surface area contributed by atoms with Gasteiger partial charge < -0.3 is 9.84 Å². The van der Waals surface area contributed by atoms with E-state index in [0.29, 0.717) is 30.5 Å². The van der Waals surface area contributed by atoms with E-state index in [1.54, 1.807) is 10.4 Å². The Balaban J connectivity index is 1.35. The zero-order chi connectivity index (χ0) is 20.6. The summed E-state index contributed by atoms with van der Waals surface area (Å²) in [5, 5.41) is 6.97. The Labute approximate surface area is 173 Å². The number of rotatable bonds is 6. The first kappa shape index (κ1) is 20.8. The maximum Gasteiger partial charge on any atom is 0.273 e. The van der Waals surface area contributed by atoms with E-state index in [1.807, 2.05) is 13.8 Å². The van der Waals surface area contributed by atoms with Crippen LogP contribution in [0.5, 0.6) is 0 Å². The van der Waals surface area contributed by atoms with E-state index < -0.39 is 10.0 Å². The van der Waals surface area contributed by atoms with Crippen molar-refractivity contribution in [2.75, 3.05) is 12.3 Å². The van der Waals surface area contributed by atoms with Crippen molar-refractivity contribution in [3.63, 3.8) is 0 Å². The summed E-state index contributed by atoms with van der Waals surface area (Å²) in [4.78, 5) is 12.6. The molecule has 1 aromatic heterocycles. The highest BCUT2D eigenvalue weighted by molar-refractivity contribution is 7.89. The summed E-state index contributed by atoms with van der Waals surface area (Å²) in [7, 11) is -3.28. The molecule has 0 unspecified atom stereocenters. The molecule has 2 aliphatic carbocycles. The lowest BCUT2D eigenvalue weighted by Gasteiger charge is -2.41.